The lowest BCUT2D eigenvalue weighted by Crippen LogP contribution is -2.28. The molecule has 1 heterocycles. The first kappa shape index (κ1) is 9.41. The van der Waals surface area contributed by atoms with E-state index in [1.54, 1.807) is 0 Å². The lowest BCUT2D eigenvalue weighted by molar-refractivity contribution is -0.149. The second-order valence-corrected chi connectivity index (χ2v) is 2.73. The second-order valence-electron chi connectivity index (χ2n) is 2.29. The van der Waals surface area contributed by atoms with Crippen LogP contribution in [0.3, 0.4) is 0 Å². The van der Waals surface area contributed by atoms with E-state index in [-0.39, 0.29) is 10.7 Å². The molecule has 1 atom stereocenters. The van der Waals surface area contributed by atoms with Gasteiger partial charge in [-0.25, -0.2) is 0 Å². The Labute approximate surface area is 71.5 Å². The molecule has 0 bridgehead atoms. The van der Waals surface area contributed by atoms with Crippen molar-refractivity contribution in [2.24, 2.45) is 5.73 Å². The Morgan fingerprint density at radius 1 is 1.50 bits per heavy atom. The van der Waals surface area contributed by atoms with E-state index in [0.717, 1.165) is 6.07 Å². The Bertz CT molecular complexity index is 268. The molecule has 12 heavy (non-hydrogen) atoms. The minimum atomic E-state index is -4.44. The van der Waals surface area contributed by atoms with Crippen molar-refractivity contribution in [2.75, 3.05) is 0 Å². The number of aromatic nitrogens is 1. The summed E-state index contributed by atoms with van der Waals surface area (Å²) in [6.45, 7) is 0. The minimum Gasteiger partial charge on any atom is -0.362 e. The molecule has 0 saturated carbocycles. The average molecular weight is 199 g/mol. The SMILES string of the molecule is N[C@H](c1cc(Cl)c[nH]1)C(F)(F)F. The minimum absolute atomic E-state index is 0.132. The quantitative estimate of drug-likeness (QED) is 0.714. The van der Waals surface area contributed by atoms with Crippen LogP contribution in [-0.2, 0) is 0 Å². The van der Waals surface area contributed by atoms with Crippen LogP contribution in [0.2, 0.25) is 5.02 Å². The van der Waals surface area contributed by atoms with E-state index in [1.165, 1.54) is 6.20 Å². The molecule has 1 aromatic heterocycles. The number of aromatic amines is 1. The Hall–Kier alpha value is -0.680. The van der Waals surface area contributed by atoms with E-state index in [0.29, 0.717) is 0 Å². The Morgan fingerprint density at radius 2 is 2.08 bits per heavy atom. The Morgan fingerprint density at radius 3 is 2.42 bits per heavy atom. The molecule has 0 aliphatic carbocycles. The normalized spacial score (nSPS) is 14.8. The lowest BCUT2D eigenvalue weighted by atomic mass is 10.2. The number of halogens is 4. The van der Waals surface area contributed by atoms with Gasteiger partial charge in [0, 0.05) is 11.9 Å². The molecule has 0 aromatic carbocycles. The molecule has 1 rings (SSSR count). The van der Waals surface area contributed by atoms with Crippen molar-refractivity contribution in [3.63, 3.8) is 0 Å². The first-order chi connectivity index (χ1) is 5.41. The van der Waals surface area contributed by atoms with Gasteiger partial charge in [-0.05, 0) is 6.07 Å². The summed E-state index contributed by atoms with van der Waals surface area (Å²) in [4.78, 5) is 2.33. The van der Waals surface area contributed by atoms with Crippen molar-refractivity contribution in [3.8, 4) is 0 Å². The van der Waals surface area contributed by atoms with Gasteiger partial charge < -0.3 is 10.7 Å². The number of alkyl halides is 3. The Balaban J connectivity index is 2.85. The number of H-pyrrole nitrogens is 1. The number of nitrogens with one attached hydrogen (secondary N) is 1. The first-order valence-corrected chi connectivity index (χ1v) is 3.45. The van der Waals surface area contributed by atoms with Crippen LogP contribution in [0, 0.1) is 0 Å². The fourth-order valence-corrected chi connectivity index (χ4v) is 0.912. The van der Waals surface area contributed by atoms with Gasteiger partial charge in [0.1, 0.15) is 6.04 Å². The van der Waals surface area contributed by atoms with Crippen molar-refractivity contribution in [1.29, 1.82) is 0 Å². The molecule has 0 amide bonds. The van der Waals surface area contributed by atoms with Crippen molar-refractivity contribution in [2.45, 2.75) is 12.2 Å². The van der Waals surface area contributed by atoms with Crippen LogP contribution in [0.25, 0.3) is 0 Å². The van der Waals surface area contributed by atoms with E-state index in [9.17, 15) is 13.2 Å². The summed E-state index contributed by atoms with van der Waals surface area (Å²) < 4.78 is 35.9. The Kier molecular flexibility index (Phi) is 2.34. The predicted octanol–water partition coefficient (Wildman–Crippen LogP) is 2.23. The lowest BCUT2D eigenvalue weighted by Gasteiger charge is -2.13. The zero-order valence-electron chi connectivity index (χ0n) is 5.82. The predicted molar refractivity (Wildman–Crippen MR) is 38.8 cm³/mol. The number of rotatable bonds is 1. The van der Waals surface area contributed by atoms with Crippen LogP contribution >= 0.6 is 11.6 Å². The average Bonchev–Trinajstić information content (AvgIpc) is 2.32. The van der Waals surface area contributed by atoms with E-state index in [4.69, 9.17) is 17.3 Å². The zero-order valence-corrected chi connectivity index (χ0v) is 6.58. The smallest absolute Gasteiger partial charge is 0.362 e. The maximum Gasteiger partial charge on any atom is 0.409 e. The highest BCUT2D eigenvalue weighted by Crippen LogP contribution is 2.30. The topological polar surface area (TPSA) is 41.8 Å². The number of hydrogen-bond donors (Lipinski definition) is 2. The summed E-state index contributed by atoms with van der Waals surface area (Å²) in [5, 5.41) is 0.213. The van der Waals surface area contributed by atoms with Crippen LogP contribution in [0.4, 0.5) is 13.2 Å². The molecule has 1 aromatic rings. The fourth-order valence-electron chi connectivity index (χ4n) is 0.740. The van der Waals surface area contributed by atoms with Crippen LogP contribution in [0.1, 0.15) is 11.7 Å². The van der Waals surface area contributed by atoms with E-state index in [2.05, 4.69) is 4.98 Å². The van der Waals surface area contributed by atoms with Crippen LogP contribution in [-0.4, -0.2) is 11.2 Å². The third-order valence-corrected chi connectivity index (χ3v) is 1.58. The number of hydrogen-bond acceptors (Lipinski definition) is 1. The highest BCUT2D eigenvalue weighted by atomic mass is 35.5. The van der Waals surface area contributed by atoms with E-state index in [1.807, 2.05) is 0 Å². The molecule has 0 spiro atoms. The molecular weight excluding hydrogens is 193 g/mol. The number of nitrogens with two attached hydrogens (primary N) is 1. The molecule has 0 unspecified atom stereocenters. The van der Waals surface area contributed by atoms with Crippen LogP contribution in [0.15, 0.2) is 12.3 Å². The summed E-state index contributed by atoms with van der Waals surface area (Å²) in [5.41, 5.74) is 4.74. The van der Waals surface area contributed by atoms with Gasteiger partial charge in [0.15, 0.2) is 0 Å². The van der Waals surface area contributed by atoms with Crippen LogP contribution < -0.4 is 5.73 Å². The molecule has 2 nitrogen and oxygen atoms in total. The molecule has 68 valence electrons. The van der Waals surface area contributed by atoms with Gasteiger partial charge in [-0.1, -0.05) is 11.6 Å². The van der Waals surface area contributed by atoms with E-state index < -0.39 is 12.2 Å². The standard InChI is InChI=1S/C6H6ClF3N2/c7-3-1-4(12-2-3)5(11)6(8,9)10/h1-2,5,12H,11H2/t5-/m1/s1. The van der Waals surface area contributed by atoms with Gasteiger partial charge in [0.25, 0.3) is 0 Å². The second kappa shape index (κ2) is 2.99. The van der Waals surface area contributed by atoms with Crippen molar-refractivity contribution >= 4 is 11.6 Å². The maximum atomic E-state index is 12.0. The van der Waals surface area contributed by atoms with E-state index >= 15 is 0 Å². The third-order valence-electron chi connectivity index (χ3n) is 1.36. The third kappa shape index (κ3) is 1.92. The van der Waals surface area contributed by atoms with Gasteiger partial charge in [-0.3, -0.25) is 0 Å². The fraction of sp³-hybridized carbons (Fsp3) is 0.333. The summed E-state index contributed by atoms with van der Waals surface area (Å²) in [6, 6.07) is -0.843. The van der Waals surface area contributed by atoms with Crippen LogP contribution in [0.5, 0.6) is 0 Å². The molecule has 0 fully saturated rings. The van der Waals surface area contributed by atoms with Gasteiger partial charge >= 0.3 is 6.18 Å². The molecular formula is C6H6ClF3N2. The molecule has 3 N–H and O–H groups in total. The summed E-state index contributed by atoms with van der Waals surface area (Å²) in [5.74, 6) is 0. The molecule has 0 saturated heterocycles. The van der Waals surface area contributed by atoms with Gasteiger partial charge in [-0.2, -0.15) is 13.2 Å². The zero-order chi connectivity index (χ0) is 9.35. The van der Waals surface area contributed by atoms with Gasteiger partial charge in [0.05, 0.1) is 5.02 Å². The molecule has 0 radical (unpaired) electrons. The molecule has 6 heteroatoms. The van der Waals surface area contributed by atoms with Crippen molar-refractivity contribution in [1.82, 2.24) is 4.98 Å². The first-order valence-electron chi connectivity index (χ1n) is 3.07. The monoisotopic (exact) mass is 198 g/mol. The van der Waals surface area contributed by atoms with Gasteiger partial charge in [0.2, 0.25) is 0 Å². The van der Waals surface area contributed by atoms with Gasteiger partial charge in [-0.15, -0.1) is 0 Å². The highest BCUT2D eigenvalue weighted by molar-refractivity contribution is 6.30. The molecule has 0 aliphatic heterocycles. The largest absolute Gasteiger partial charge is 0.409 e. The maximum absolute atomic E-state index is 12.0. The summed E-state index contributed by atoms with van der Waals surface area (Å²) >= 11 is 5.40. The van der Waals surface area contributed by atoms with Crippen molar-refractivity contribution in [3.05, 3.63) is 23.0 Å². The summed E-state index contributed by atoms with van der Waals surface area (Å²) in [6.07, 6.45) is -3.18. The molecule has 0 aliphatic rings. The summed E-state index contributed by atoms with van der Waals surface area (Å²) in [7, 11) is 0. The highest BCUT2D eigenvalue weighted by Gasteiger charge is 2.38. The van der Waals surface area contributed by atoms with Crippen molar-refractivity contribution < 1.29 is 13.2 Å².